The molecule has 162 valence electrons. The molecule has 3 aliphatic rings. The minimum Gasteiger partial charge on any atom is -0.449 e. The first-order valence-corrected chi connectivity index (χ1v) is 10.3. The Morgan fingerprint density at radius 2 is 2.00 bits per heavy atom. The Kier molecular flexibility index (Phi) is 4.83. The molecule has 1 aromatic carbocycles. The highest BCUT2D eigenvalue weighted by Gasteiger charge is 2.78. The summed E-state index contributed by atoms with van der Waals surface area (Å²) < 4.78 is 7.10. The van der Waals surface area contributed by atoms with Gasteiger partial charge in [-0.1, -0.05) is 24.6 Å². The fourth-order valence-corrected chi connectivity index (χ4v) is 5.01. The van der Waals surface area contributed by atoms with E-state index in [1.54, 1.807) is 24.3 Å². The number of nitrogens with two attached hydrogens (primary N) is 2. The smallest absolute Gasteiger partial charge is 0.346 e. The lowest BCUT2D eigenvalue weighted by molar-refractivity contribution is -0.646. The third-order valence-corrected chi connectivity index (χ3v) is 6.45. The number of aliphatic imine (C=N–C) groups is 1. The van der Waals surface area contributed by atoms with E-state index in [4.69, 9.17) is 27.8 Å². The highest BCUT2D eigenvalue weighted by molar-refractivity contribution is 6.18. The van der Waals surface area contributed by atoms with Crippen molar-refractivity contribution in [1.29, 1.82) is 0 Å². The van der Waals surface area contributed by atoms with Crippen LogP contribution in [0.15, 0.2) is 29.3 Å². The summed E-state index contributed by atoms with van der Waals surface area (Å²) in [6, 6.07) is 4.87. The molecule has 0 bridgehead atoms. The van der Waals surface area contributed by atoms with E-state index in [0.29, 0.717) is 6.42 Å². The van der Waals surface area contributed by atoms with Crippen LogP contribution in [0, 0.1) is 6.92 Å². The molecule has 10 nitrogen and oxygen atoms in total. The van der Waals surface area contributed by atoms with Crippen molar-refractivity contribution >= 4 is 29.5 Å². The van der Waals surface area contributed by atoms with Gasteiger partial charge in [-0.15, -0.1) is 11.6 Å². The van der Waals surface area contributed by atoms with Gasteiger partial charge in [0.05, 0.1) is 11.4 Å². The number of carbonyl (C=O) groups excluding carboxylic acids is 1. The Labute approximate surface area is 178 Å². The van der Waals surface area contributed by atoms with Crippen molar-refractivity contribution in [3.8, 4) is 0 Å². The predicted molar refractivity (Wildman–Crippen MR) is 110 cm³/mol. The van der Waals surface area contributed by atoms with E-state index >= 15 is 0 Å². The van der Waals surface area contributed by atoms with Crippen LogP contribution in [-0.4, -0.2) is 74.2 Å². The van der Waals surface area contributed by atoms with Crippen LogP contribution in [0.3, 0.4) is 0 Å². The second-order valence-corrected chi connectivity index (χ2v) is 8.21. The third-order valence-electron chi connectivity index (χ3n) is 6.14. The highest BCUT2D eigenvalue weighted by Crippen LogP contribution is 2.46. The molecule has 0 aromatic heterocycles. The maximum absolute atomic E-state index is 12.8. The number of esters is 1. The molecular formula is C19H26ClN6O4+. The molecule has 1 fully saturated rings. The second-order valence-electron chi connectivity index (χ2n) is 7.90. The minimum atomic E-state index is -2.59. The number of aryl methyl sites for hydroxylation is 1. The Bertz CT molecular complexity index is 933. The highest BCUT2D eigenvalue weighted by atomic mass is 35.5. The van der Waals surface area contributed by atoms with Gasteiger partial charge in [0.25, 0.3) is 5.79 Å². The van der Waals surface area contributed by atoms with Crippen LogP contribution < -0.4 is 22.1 Å². The first-order valence-electron chi connectivity index (χ1n) is 9.75. The van der Waals surface area contributed by atoms with Crippen molar-refractivity contribution < 1.29 is 24.3 Å². The van der Waals surface area contributed by atoms with Gasteiger partial charge in [0, 0.05) is 0 Å². The maximum atomic E-state index is 12.8. The molecule has 1 saturated heterocycles. The number of guanidine groups is 2. The molecule has 0 radical (unpaired) electrons. The van der Waals surface area contributed by atoms with Gasteiger partial charge in [0.2, 0.25) is 5.66 Å². The number of ether oxygens (including phenoxy) is 1. The lowest BCUT2D eigenvalue weighted by atomic mass is 9.85. The molecule has 0 unspecified atom stereocenters. The number of hydrogen-bond donors (Lipinski definition) is 6. The van der Waals surface area contributed by atoms with Crippen molar-refractivity contribution in [2.45, 2.75) is 55.9 Å². The molecule has 3 aliphatic heterocycles. The molecule has 0 amide bonds. The summed E-state index contributed by atoms with van der Waals surface area (Å²) in [6.45, 7) is 3.81. The van der Waals surface area contributed by atoms with E-state index in [1.807, 2.05) is 13.8 Å². The Morgan fingerprint density at radius 1 is 1.33 bits per heavy atom. The number of nitrogens with one attached hydrogen (secondary N) is 2. The summed E-state index contributed by atoms with van der Waals surface area (Å²) in [5, 5.41) is 28.8. The van der Waals surface area contributed by atoms with Gasteiger partial charge in [-0.05, 0) is 25.5 Å². The number of benzene rings is 1. The van der Waals surface area contributed by atoms with Crippen LogP contribution in [0.4, 0.5) is 0 Å². The minimum absolute atomic E-state index is 0.0336. The quantitative estimate of drug-likeness (QED) is 0.144. The first kappa shape index (κ1) is 20.7. The molecular weight excluding hydrogens is 412 g/mol. The summed E-state index contributed by atoms with van der Waals surface area (Å²) in [6.07, 6.45) is -0.828. The summed E-state index contributed by atoms with van der Waals surface area (Å²) in [7, 11) is 0. The van der Waals surface area contributed by atoms with E-state index in [2.05, 4.69) is 15.6 Å². The number of hydrogen-bond acceptors (Lipinski definition) is 9. The Balaban J connectivity index is 1.78. The average molecular weight is 438 g/mol. The summed E-state index contributed by atoms with van der Waals surface area (Å²) in [5.41, 5.74) is 11.8. The molecule has 0 saturated carbocycles. The van der Waals surface area contributed by atoms with Crippen molar-refractivity contribution in [2.24, 2.45) is 16.5 Å². The summed E-state index contributed by atoms with van der Waals surface area (Å²) in [5.74, 6) is -3.19. The fraction of sp³-hybridized carbons (Fsp3) is 0.526. The normalized spacial score (nSPS) is 33.8. The third kappa shape index (κ3) is 2.67. The van der Waals surface area contributed by atoms with Gasteiger partial charge in [0.1, 0.15) is 18.1 Å². The first-order chi connectivity index (χ1) is 14.2. The number of aliphatic hydroxyl groups is 2. The van der Waals surface area contributed by atoms with Crippen molar-refractivity contribution in [2.75, 3.05) is 5.88 Å². The maximum Gasteiger partial charge on any atom is 0.346 e. The average Bonchev–Trinajstić information content (AvgIpc) is 3.15. The van der Waals surface area contributed by atoms with Gasteiger partial charge < -0.3 is 26.0 Å². The van der Waals surface area contributed by atoms with Gasteiger partial charge in [0.15, 0.2) is 12.1 Å². The van der Waals surface area contributed by atoms with Crippen LogP contribution in [0.2, 0.25) is 0 Å². The van der Waals surface area contributed by atoms with E-state index in [-0.39, 0.29) is 29.4 Å². The zero-order chi connectivity index (χ0) is 21.8. The van der Waals surface area contributed by atoms with Crippen molar-refractivity contribution in [3.63, 3.8) is 0 Å². The molecule has 11 heteroatoms. The number of rotatable bonds is 4. The van der Waals surface area contributed by atoms with Gasteiger partial charge in [-0.25, -0.2) is 14.4 Å². The Hall–Kier alpha value is -2.56. The molecule has 1 spiro atoms. The van der Waals surface area contributed by atoms with Crippen LogP contribution in [0.1, 0.15) is 29.3 Å². The molecule has 1 aromatic rings. The number of carbonyl (C=O) groups is 1. The molecule has 5 atom stereocenters. The zero-order valence-electron chi connectivity index (χ0n) is 16.7. The Morgan fingerprint density at radius 3 is 2.60 bits per heavy atom. The fourth-order valence-electron chi connectivity index (χ4n) is 4.71. The zero-order valence-corrected chi connectivity index (χ0v) is 17.4. The van der Waals surface area contributed by atoms with Crippen molar-refractivity contribution in [3.05, 3.63) is 35.4 Å². The van der Waals surface area contributed by atoms with E-state index in [9.17, 15) is 15.0 Å². The van der Waals surface area contributed by atoms with Crippen molar-refractivity contribution in [1.82, 2.24) is 10.6 Å². The van der Waals surface area contributed by atoms with E-state index in [1.165, 1.54) is 4.58 Å². The van der Waals surface area contributed by atoms with Crippen LogP contribution in [-0.2, 0) is 4.74 Å². The number of alkyl halides is 1. The number of nitrogens with zero attached hydrogens (tertiary/aromatic N) is 2. The largest absolute Gasteiger partial charge is 0.449 e. The van der Waals surface area contributed by atoms with Crippen LogP contribution in [0.5, 0.6) is 0 Å². The molecule has 0 aliphatic carbocycles. The SMILES string of the molecule is CC[C@@H]1NC(N)=[N+]2[C@@H](CCl)[C@H](OC(=O)c3ccc(C)cc3)C(O)(O)[C@@]23NC(N)=N[C@@H]13. The van der Waals surface area contributed by atoms with E-state index in [0.717, 1.165) is 5.56 Å². The molecule has 4 rings (SSSR count). The van der Waals surface area contributed by atoms with E-state index < -0.39 is 35.6 Å². The van der Waals surface area contributed by atoms with Gasteiger partial charge in [-0.2, -0.15) is 0 Å². The van der Waals surface area contributed by atoms with Crippen LogP contribution >= 0.6 is 11.6 Å². The standard InChI is InChI=1S/C19H25ClN6O4/c1-3-11-13-18(25-16(21)24-13)19(28,29)14(12(8-20)26(18)17(22)23-11)30-15(27)10-6-4-9(2)5-7-10/h4-7,11-14,28-29H,3,8H2,1-2H3,(H5,21,22,23,24,25)/p+1/t11-,12-,13-,14-,18-/m0/s1. The predicted octanol–water partition coefficient (Wildman–Crippen LogP) is -1.49. The molecule has 3 heterocycles. The molecule has 8 N–H and O–H groups in total. The van der Waals surface area contributed by atoms with Gasteiger partial charge in [-0.3, -0.25) is 11.1 Å². The topological polar surface area (TPSA) is 158 Å². The lowest BCUT2D eigenvalue weighted by Gasteiger charge is -2.43. The van der Waals surface area contributed by atoms with Gasteiger partial charge >= 0.3 is 11.9 Å². The number of halogens is 1. The summed E-state index contributed by atoms with van der Waals surface area (Å²) >= 11 is 6.21. The van der Waals surface area contributed by atoms with Crippen LogP contribution in [0.25, 0.3) is 0 Å². The summed E-state index contributed by atoms with van der Waals surface area (Å²) in [4.78, 5) is 17.2. The monoisotopic (exact) mass is 437 g/mol. The lowest BCUT2D eigenvalue weighted by Crippen LogP contribution is -2.78. The second kappa shape index (κ2) is 7.00. The molecule has 30 heavy (non-hydrogen) atoms.